The van der Waals surface area contributed by atoms with E-state index in [1.54, 1.807) is 68.6 Å². The second-order valence-electron chi connectivity index (χ2n) is 6.58. The van der Waals surface area contributed by atoms with Gasteiger partial charge in [-0.25, -0.2) is 4.98 Å². The molecule has 0 aliphatic carbocycles. The molecule has 30 heavy (non-hydrogen) atoms. The van der Waals surface area contributed by atoms with E-state index in [1.165, 1.54) is 6.07 Å². The van der Waals surface area contributed by atoms with E-state index in [9.17, 15) is 9.59 Å². The Bertz CT molecular complexity index is 1260. The number of rotatable bonds is 6. The Balaban J connectivity index is 1.40. The molecule has 8 heteroatoms. The van der Waals surface area contributed by atoms with Gasteiger partial charge in [-0.3, -0.25) is 9.59 Å². The van der Waals surface area contributed by atoms with Crippen molar-refractivity contribution >= 4 is 17.2 Å². The van der Waals surface area contributed by atoms with Gasteiger partial charge >= 0.3 is 0 Å². The normalized spacial score (nSPS) is 10.7. The monoisotopic (exact) mass is 405 g/mol. The number of anilines is 1. The summed E-state index contributed by atoms with van der Waals surface area (Å²) in [6.45, 7) is 1.88. The SMILES string of the molecule is COc1cccc(C(=O)Nc2ccc(OCc3cc(=O)n4oc(C)cc4n3)cc2)c1. The van der Waals surface area contributed by atoms with Crippen LogP contribution in [-0.2, 0) is 6.61 Å². The van der Waals surface area contributed by atoms with Gasteiger partial charge in [0.1, 0.15) is 23.9 Å². The van der Waals surface area contributed by atoms with Gasteiger partial charge in [0.25, 0.3) is 11.5 Å². The molecule has 0 aliphatic heterocycles. The lowest BCUT2D eigenvalue weighted by molar-refractivity contribution is 0.102. The van der Waals surface area contributed by atoms with E-state index in [0.717, 1.165) is 4.57 Å². The van der Waals surface area contributed by atoms with Crippen LogP contribution >= 0.6 is 0 Å². The van der Waals surface area contributed by atoms with Crippen LogP contribution < -0.4 is 20.3 Å². The number of carbonyl (C=O) groups excluding carboxylic acids is 1. The lowest BCUT2D eigenvalue weighted by Crippen LogP contribution is -2.14. The molecule has 0 aliphatic rings. The molecule has 152 valence electrons. The average Bonchev–Trinajstić information content (AvgIpc) is 3.14. The van der Waals surface area contributed by atoms with Crippen molar-refractivity contribution in [1.82, 2.24) is 9.56 Å². The van der Waals surface area contributed by atoms with Gasteiger partial charge in [-0.05, 0) is 49.4 Å². The van der Waals surface area contributed by atoms with Crippen molar-refractivity contribution in [3.8, 4) is 11.5 Å². The number of aromatic nitrogens is 2. The third-order valence-corrected chi connectivity index (χ3v) is 4.35. The fourth-order valence-electron chi connectivity index (χ4n) is 2.91. The quantitative estimate of drug-likeness (QED) is 0.528. The molecule has 4 rings (SSSR count). The van der Waals surface area contributed by atoms with Crippen LogP contribution in [0.2, 0.25) is 0 Å². The Morgan fingerprint density at radius 1 is 1.10 bits per heavy atom. The van der Waals surface area contributed by atoms with E-state index < -0.39 is 0 Å². The Labute approximate surface area is 171 Å². The van der Waals surface area contributed by atoms with Crippen LogP contribution in [0.25, 0.3) is 5.65 Å². The number of nitrogens with one attached hydrogen (secondary N) is 1. The zero-order chi connectivity index (χ0) is 21.1. The van der Waals surface area contributed by atoms with E-state index in [1.807, 2.05) is 0 Å². The maximum Gasteiger partial charge on any atom is 0.287 e. The fourth-order valence-corrected chi connectivity index (χ4v) is 2.91. The molecule has 2 aromatic carbocycles. The first-order valence-electron chi connectivity index (χ1n) is 9.20. The highest BCUT2D eigenvalue weighted by Crippen LogP contribution is 2.19. The fraction of sp³-hybridized carbons (Fsp3) is 0.136. The van der Waals surface area contributed by atoms with Crippen LogP contribution in [-0.4, -0.2) is 22.6 Å². The number of ether oxygens (including phenoxy) is 2. The maximum atomic E-state index is 12.4. The van der Waals surface area contributed by atoms with Crippen molar-refractivity contribution in [2.75, 3.05) is 12.4 Å². The minimum atomic E-state index is -0.303. The van der Waals surface area contributed by atoms with Crippen molar-refractivity contribution < 1.29 is 18.8 Å². The maximum absolute atomic E-state index is 12.4. The Hall–Kier alpha value is -4.07. The number of benzene rings is 2. The van der Waals surface area contributed by atoms with Gasteiger partial charge in [0.05, 0.1) is 12.8 Å². The van der Waals surface area contributed by atoms with Gasteiger partial charge in [0.2, 0.25) is 0 Å². The number of carbonyl (C=O) groups is 1. The Kier molecular flexibility index (Phi) is 5.21. The van der Waals surface area contributed by atoms with Crippen molar-refractivity contribution in [2.45, 2.75) is 13.5 Å². The van der Waals surface area contributed by atoms with Crippen molar-refractivity contribution in [3.63, 3.8) is 0 Å². The van der Waals surface area contributed by atoms with Gasteiger partial charge in [-0.1, -0.05) is 6.07 Å². The van der Waals surface area contributed by atoms with Crippen LogP contribution in [0.3, 0.4) is 0 Å². The first kappa shape index (κ1) is 19.3. The molecule has 4 aromatic rings. The first-order valence-corrected chi connectivity index (χ1v) is 9.20. The molecule has 0 saturated heterocycles. The summed E-state index contributed by atoms with van der Waals surface area (Å²) in [6.07, 6.45) is 0. The number of fused-ring (bicyclic) bond motifs is 1. The van der Waals surface area contributed by atoms with Crippen LogP contribution in [0.4, 0.5) is 5.69 Å². The van der Waals surface area contributed by atoms with Crippen LogP contribution in [0.1, 0.15) is 21.8 Å². The molecule has 0 atom stereocenters. The van der Waals surface area contributed by atoms with Crippen LogP contribution in [0.5, 0.6) is 11.5 Å². The van der Waals surface area contributed by atoms with Crippen molar-refractivity contribution in [2.24, 2.45) is 0 Å². The van der Waals surface area contributed by atoms with Gasteiger partial charge in [0.15, 0.2) is 5.65 Å². The van der Waals surface area contributed by atoms with Crippen molar-refractivity contribution in [1.29, 1.82) is 0 Å². The summed E-state index contributed by atoms with van der Waals surface area (Å²) in [5, 5.41) is 2.82. The summed E-state index contributed by atoms with van der Waals surface area (Å²) in [5.74, 6) is 1.56. The molecule has 0 bridgehead atoms. The number of methoxy groups -OCH3 is 1. The minimum absolute atomic E-state index is 0.130. The van der Waals surface area contributed by atoms with Gasteiger partial charge in [0, 0.05) is 23.4 Å². The van der Waals surface area contributed by atoms with Gasteiger partial charge in [-0.15, -0.1) is 4.57 Å². The lowest BCUT2D eigenvalue weighted by Gasteiger charge is -2.09. The number of amides is 1. The van der Waals surface area contributed by atoms with Gasteiger partial charge < -0.3 is 19.3 Å². The molecular weight excluding hydrogens is 386 g/mol. The molecule has 0 radical (unpaired) electrons. The number of hydrogen-bond acceptors (Lipinski definition) is 6. The molecule has 0 saturated carbocycles. The van der Waals surface area contributed by atoms with Crippen LogP contribution in [0, 0.1) is 6.92 Å². The largest absolute Gasteiger partial charge is 0.497 e. The zero-order valence-corrected chi connectivity index (χ0v) is 16.4. The van der Waals surface area contributed by atoms with Crippen LogP contribution in [0.15, 0.2) is 70.0 Å². The molecule has 2 heterocycles. The molecule has 1 amide bonds. The average molecular weight is 405 g/mol. The molecular formula is C22H19N3O5. The van der Waals surface area contributed by atoms with E-state index >= 15 is 0 Å². The number of aryl methyl sites for hydroxylation is 1. The van der Waals surface area contributed by atoms with E-state index in [0.29, 0.717) is 39.9 Å². The number of hydrogen-bond donors (Lipinski definition) is 1. The molecule has 1 N–H and O–H groups in total. The van der Waals surface area contributed by atoms with E-state index in [2.05, 4.69) is 10.3 Å². The minimum Gasteiger partial charge on any atom is -0.497 e. The summed E-state index contributed by atoms with van der Waals surface area (Å²) in [4.78, 5) is 28.8. The van der Waals surface area contributed by atoms with E-state index in [-0.39, 0.29) is 18.1 Å². The summed E-state index contributed by atoms with van der Waals surface area (Å²) < 4.78 is 17.2. The standard InChI is InChI=1S/C22H19N3O5/c1-14-10-20-23-17(12-21(26)25(20)30-14)13-29-18-8-6-16(7-9-18)24-22(27)15-4-3-5-19(11-15)28-2/h3-12H,13H2,1-2H3,(H,24,27). The van der Waals surface area contributed by atoms with Crippen molar-refractivity contribution in [3.05, 3.63) is 88.0 Å². The summed E-state index contributed by atoms with van der Waals surface area (Å²) in [6, 6.07) is 16.9. The molecule has 0 spiro atoms. The molecule has 0 fully saturated rings. The third kappa shape index (κ3) is 4.17. The second-order valence-corrected chi connectivity index (χ2v) is 6.58. The summed E-state index contributed by atoms with van der Waals surface area (Å²) in [7, 11) is 1.55. The molecule has 2 aromatic heterocycles. The number of nitrogens with zero attached hydrogens (tertiary/aromatic N) is 2. The Morgan fingerprint density at radius 3 is 2.67 bits per heavy atom. The van der Waals surface area contributed by atoms with E-state index in [4.69, 9.17) is 14.0 Å². The summed E-state index contributed by atoms with van der Waals surface area (Å²) in [5.41, 5.74) is 1.76. The molecule has 8 nitrogen and oxygen atoms in total. The lowest BCUT2D eigenvalue weighted by atomic mass is 10.2. The second kappa shape index (κ2) is 8.12. The summed E-state index contributed by atoms with van der Waals surface area (Å²) >= 11 is 0. The predicted octanol–water partition coefficient (Wildman–Crippen LogP) is 3.44. The topological polar surface area (TPSA) is 95.1 Å². The smallest absolute Gasteiger partial charge is 0.287 e. The third-order valence-electron chi connectivity index (χ3n) is 4.35. The first-order chi connectivity index (χ1) is 14.5. The predicted molar refractivity (Wildman–Crippen MR) is 110 cm³/mol. The molecule has 0 unspecified atom stereocenters. The Morgan fingerprint density at radius 2 is 1.90 bits per heavy atom. The highest BCUT2D eigenvalue weighted by Gasteiger charge is 2.09. The highest BCUT2D eigenvalue weighted by molar-refractivity contribution is 6.04. The van der Waals surface area contributed by atoms with Gasteiger partial charge in [-0.2, -0.15) is 0 Å². The highest BCUT2D eigenvalue weighted by atomic mass is 16.5. The zero-order valence-electron chi connectivity index (χ0n) is 16.4.